The Bertz CT molecular complexity index is 501. The van der Waals surface area contributed by atoms with E-state index in [9.17, 15) is 9.59 Å². The molecule has 0 saturated carbocycles. The fraction of sp³-hybridized carbons (Fsp3) is 0.625. The number of thiophene rings is 1. The normalized spacial score (nSPS) is 19.5. The van der Waals surface area contributed by atoms with Crippen LogP contribution in [0.1, 0.15) is 29.9 Å². The molecule has 1 aromatic rings. The van der Waals surface area contributed by atoms with Crippen molar-refractivity contribution in [2.45, 2.75) is 26.3 Å². The van der Waals surface area contributed by atoms with Gasteiger partial charge in [0.05, 0.1) is 4.88 Å². The van der Waals surface area contributed by atoms with Gasteiger partial charge >= 0.3 is 0 Å². The summed E-state index contributed by atoms with van der Waals surface area (Å²) in [5, 5.41) is 7.94. The molecule has 1 saturated heterocycles. The van der Waals surface area contributed by atoms with Crippen molar-refractivity contribution in [1.29, 1.82) is 0 Å². The van der Waals surface area contributed by atoms with E-state index in [0.29, 0.717) is 10.8 Å². The molecule has 6 heteroatoms. The number of rotatable bonds is 6. The molecule has 5 nitrogen and oxygen atoms in total. The molecule has 0 aliphatic carbocycles. The highest BCUT2D eigenvalue weighted by Crippen LogP contribution is 2.19. The fourth-order valence-electron chi connectivity index (χ4n) is 2.82. The lowest BCUT2D eigenvalue weighted by molar-refractivity contribution is -0.133. The predicted molar refractivity (Wildman–Crippen MR) is 89.0 cm³/mol. The van der Waals surface area contributed by atoms with E-state index in [4.69, 9.17) is 0 Å². The van der Waals surface area contributed by atoms with E-state index < -0.39 is 6.04 Å². The van der Waals surface area contributed by atoms with Gasteiger partial charge in [-0.3, -0.25) is 9.59 Å². The number of nitrogens with zero attached hydrogens (tertiary/aromatic N) is 1. The molecule has 1 aromatic heterocycles. The van der Waals surface area contributed by atoms with Crippen molar-refractivity contribution in [2.24, 2.45) is 11.8 Å². The number of nitrogens with one attached hydrogen (secondary N) is 2. The molecule has 2 amide bonds. The quantitative estimate of drug-likeness (QED) is 0.835. The van der Waals surface area contributed by atoms with Crippen LogP contribution in [0.4, 0.5) is 0 Å². The summed E-state index contributed by atoms with van der Waals surface area (Å²) < 4.78 is 0. The molecule has 122 valence electrons. The number of carbonyl (C=O) groups excluding carboxylic acids is 2. The summed E-state index contributed by atoms with van der Waals surface area (Å²) in [6.07, 6.45) is 1.02. The predicted octanol–water partition coefficient (Wildman–Crippen LogP) is 1.57. The number of likely N-dealkylation sites (tertiary alicyclic amines) is 1. The molecule has 22 heavy (non-hydrogen) atoms. The number of hydrogen-bond acceptors (Lipinski definition) is 4. The molecular formula is C16H25N3O2S. The molecule has 0 aromatic carbocycles. The van der Waals surface area contributed by atoms with Crippen LogP contribution in [0.15, 0.2) is 17.5 Å². The van der Waals surface area contributed by atoms with Crippen LogP contribution in [0.25, 0.3) is 0 Å². The molecule has 0 radical (unpaired) electrons. The van der Waals surface area contributed by atoms with E-state index in [-0.39, 0.29) is 17.7 Å². The van der Waals surface area contributed by atoms with E-state index in [0.717, 1.165) is 26.1 Å². The first kappa shape index (κ1) is 17.0. The van der Waals surface area contributed by atoms with Crippen LogP contribution in [0, 0.1) is 11.8 Å². The Morgan fingerprint density at radius 1 is 1.45 bits per heavy atom. The third kappa shape index (κ3) is 4.08. The summed E-state index contributed by atoms with van der Waals surface area (Å²) in [4.78, 5) is 27.5. The number of carbonyl (C=O) groups is 2. The van der Waals surface area contributed by atoms with Gasteiger partial charge in [0.25, 0.3) is 5.91 Å². The van der Waals surface area contributed by atoms with Gasteiger partial charge in [0.2, 0.25) is 5.91 Å². The first-order valence-corrected chi connectivity index (χ1v) is 8.68. The lowest BCUT2D eigenvalue weighted by atomic mass is 10.0. The van der Waals surface area contributed by atoms with Gasteiger partial charge in [-0.15, -0.1) is 11.3 Å². The van der Waals surface area contributed by atoms with E-state index in [2.05, 4.69) is 10.6 Å². The number of hydrogen-bond donors (Lipinski definition) is 2. The third-order valence-corrected chi connectivity index (χ3v) is 4.92. The van der Waals surface area contributed by atoms with Crippen molar-refractivity contribution in [1.82, 2.24) is 15.5 Å². The van der Waals surface area contributed by atoms with Crippen LogP contribution in [0.2, 0.25) is 0 Å². The molecule has 2 rings (SSSR count). The molecular weight excluding hydrogens is 298 g/mol. The van der Waals surface area contributed by atoms with Crippen molar-refractivity contribution < 1.29 is 9.59 Å². The Morgan fingerprint density at radius 2 is 2.23 bits per heavy atom. The van der Waals surface area contributed by atoms with E-state index in [1.807, 2.05) is 37.2 Å². The lowest BCUT2D eigenvalue weighted by Gasteiger charge is -2.27. The highest BCUT2D eigenvalue weighted by molar-refractivity contribution is 7.12. The largest absolute Gasteiger partial charge is 0.341 e. The smallest absolute Gasteiger partial charge is 0.262 e. The standard InChI is InChI=1S/C16H25N3O2S/c1-11(2)14(18-15(20)13-5-4-8-22-13)16(21)19-7-6-12(10-19)9-17-3/h4-5,8,11-12,14,17H,6-7,9-10H2,1-3H3,(H,18,20). The van der Waals surface area contributed by atoms with Crippen LogP contribution in [-0.4, -0.2) is 49.4 Å². The van der Waals surface area contributed by atoms with E-state index in [1.165, 1.54) is 11.3 Å². The van der Waals surface area contributed by atoms with Gasteiger partial charge in [-0.2, -0.15) is 0 Å². The fourth-order valence-corrected chi connectivity index (χ4v) is 3.45. The Kier molecular flexibility index (Phi) is 5.97. The zero-order valence-corrected chi connectivity index (χ0v) is 14.3. The molecule has 2 heterocycles. The molecule has 2 unspecified atom stereocenters. The van der Waals surface area contributed by atoms with Crippen molar-refractivity contribution in [3.8, 4) is 0 Å². The molecule has 0 bridgehead atoms. The number of amides is 2. The van der Waals surface area contributed by atoms with Gasteiger partial charge in [0.1, 0.15) is 6.04 Å². The van der Waals surface area contributed by atoms with E-state index >= 15 is 0 Å². The molecule has 0 spiro atoms. The van der Waals surface area contributed by atoms with Gasteiger partial charge in [-0.25, -0.2) is 0 Å². The summed E-state index contributed by atoms with van der Waals surface area (Å²) in [6, 6.07) is 3.16. The van der Waals surface area contributed by atoms with E-state index in [1.54, 1.807) is 6.07 Å². The Labute approximate surface area is 136 Å². The van der Waals surface area contributed by atoms with Crippen molar-refractivity contribution in [3.05, 3.63) is 22.4 Å². The lowest BCUT2D eigenvalue weighted by Crippen LogP contribution is -2.50. The summed E-state index contributed by atoms with van der Waals surface area (Å²) >= 11 is 1.39. The highest BCUT2D eigenvalue weighted by Gasteiger charge is 2.33. The van der Waals surface area contributed by atoms with Gasteiger partial charge in [0, 0.05) is 13.1 Å². The van der Waals surface area contributed by atoms with Crippen molar-refractivity contribution in [3.63, 3.8) is 0 Å². The first-order chi connectivity index (χ1) is 10.5. The minimum absolute atomic E-state index is 0.0403. The Hall–Kier alpha value is -1.40. The molecule has 1 aliphatic heterocycles. The van der Waals surface area contributed by atoms with Crippen LogP contribution < -0.4 is 10.6 Å². The summed E-state index contributed by atoms with van der Waals surface area (Å²) in [5.41, 5.74) is 0. The summed E-state index contributed by atoms with van der Waals surface area (Å²) in [7, 11) is 1.93. The highest BCUT2D eigenvalue weighted by atomic mass is 32.1. The third-order valence-electron chi connectivity index (χ3n) is 4.05. The summed E-state index contributed by atoms with van der Waals surface area (Å²) in [5.74, 6) is 0.459. The van der Waals surface area contributed by atoms with Crippen LogP contribution in [0.3, 0.4) is 0 Å². The van der Waals surface area contributed by atoms with Crippen LogP contribution in [-0.2, 0) is 4.79 Å². The van der Waals surface area contributed by atoms with Crippen molar-refractivity contribution in [2.75, 3.05) is 26.7 Å². The minimum atomic E-state index is -0.456. The maximum atomic E-state index is 12.7. The summed E-state index contributed by atoms with van der Waals surface area (Å²) in [6.45, 7) is 6.43. The SMILES string of the molecule is CNCC1CCN(C(=O)C(NC(=O)c2cccs2)C(C)C)C1. The minimum Gasteiger partial charge on any atom is -0.341 e. The van der Waals surface area contributed by atoms with Crippen molar-refractivity contribution >= 4 is 23.2 Å². The molecule has 1 aliphatic rings. The average molecular weight is 323 g/mol. The monoisotopic (exact) mass is 323 g/mol. The van der Waals surface area contributed by atoms with Gasteiger partial charge < -0.3 is 15.5 Å². The molecule has 1 fully saturated rings. The van der Waals surface area contributed by atoms with Gasteiger partial charge in [0.15, 0.2) is 0 Å². The first-order valence-electron chi connectivity index (χ1n) is 7.80. The second-order valence-corrected chi connectivity index (χ2v) is 7.12. The zero-order valence-electron chi connectivity index (χ0n) is 13.5. The van der Waals surface area contributed by atoms with Crippen LogP contribution >= 0.6 is 11.3 Å². The Balaban J connectivity index is 1.99. The average Bonchev–Trinajstić information content (AvgIpc) is 3.15. The second-order valence-electron chi connectivity index (χ2n) is 6.17. The second kappa shape index (κ2) is 7.74. The van der Waals surface area contributed by atoms with Gasteiger partial charge in [-0.1, -0.05) is 19.9 Å². The molecule has 2 N–H and O–H groups in total. The maximum absolute atomic E-state index is 12.7. The van der Waals surface area contributed by atoms with Crippen LogP contribution in [0.5, 0.6) is 0 Å². The molecule has 2 atom stereocenters. The topological polar surface area (TPSA) is 61.4 Å². The Morgan fingerprint density at radius 3 is 2.82 bits per heavy atom. The maximum Gasteiger partial charge on any atom is 0.262 e. The zero-order chi connectivity index (χ0) is 16.1. The van der Waals surface area contributed by atoms with Gasteiger partial charge in [-0.05, 0) is 43.3 Å².